The molecule has 1 heterocycles. The molecule has 0 aliphatic carbocycles. The van der Waals surface area contributed by atoms with E-state index in [9.17, 15) is 9.90 Å². The number of aliphatic hydroxyl groups is 1. The van der Waals surface area contributed by atoms with Crippen LogP contribution in [0.15, 0.2) is 36.5 Å². The number of H-pyrrole nitrogens is 1. The number of aliphatic hydroxyl groups excluding tert-OH is 1. The summed E-state index contributed by atoms with van der Waals surface area (Å²) in [5.74, 6) is -0.221. The second-order valence-electron chi connectivity index (χ2n) is 4.45. The summed E-state index contributed by atoms with van der Waals surface area (Å²) in [7, 11) is 0. The largest absolute Gasteiger partial charge is 0.394 e. The lowest BCUT2D eigenvalue weighted by molar-refractivity contribution is 0.0916. The van der Waals surface area contributed by atoms with Crippen molar-refractivity contribution in [1.82, 2.24) is 15.5 Å². The van der Waals surface area contributed by atoms with Crippen molar-refractivity contribution in [3.63, 3.8) is 0 Å². The lowest BCUT2D eigenvalue weighted by Crippen LogP contribution is -2.39. The van der Waals surface area contributed by atoms with Gasteiger partial charge in [0.25, 0.3) is 5.91 Å². The van der Waals surface area contributed by atoms with Crippen LogP contribution in [0.5, 0.6) is 0 Å². The summed E-state index contributed by atoms with van der Waals surface area (Å²) in [6.45, 7) is 1.69. The van der Waals surface area contributed by atoms with Crippen LogP contribution in [-0.4, -0.2) is 33.9 Å². The molecule has 2 rings (SSSR count). The zero-order valence-electron chi connectivity index (χ0n) is 10.8. The highest BCUT2D eigenvalue weighted by molar-refractivity contribution is 5.95. The standard InChI is InChI=1S/C14H17N3O2/c1-10-13(8-15-17-10)14(19)16-12(9-18)7-11-5-3-2-4-6-11/h2-6,8,12,18H,7,9H2,1H3,(H,15,17)(H,16,19). The number of aromatic nitrogens is 2. The van der Waals surface area contributed by atoms with Crippen LogP contribution >= 0.6 is 0 Å². The Bertz CT molecular complexity index is 537. The topological polar surface area (TPSA) is 78.0 Å². The van der Waals surface area contributed by atoms with Gasteiger partial charge in [-0.1, -0.05) is 30.3 Å². The minimum absolute atomic E-state index is 0.0997. The van der Waals surface area contributed by atoms with Crippen molar-refractivity contribution in [2.24, 2.45) is 0 Å². The first-order valence-electron chi connectivity index (χ1n) is 6.16. The Kier molecular flexibility index (Phi) is 4.30. The molecule has 2 aromatic rings. The molecule has 1 unspecified atom stereocenters. The third-order valence-electron chi connectivity index (χ3n) is 2.96. The van der Waals surface area contributed by atoms with Crippen LogP contribution in [0.2, 0.25) is 0 Å². The lowest BCUT2D eigenvalue weighted by Gasteiger charge is -2.16. The highest BCUT2D eigenvalue weighted by atomic mass is 16.3. The molecule has 0 saturated carbocycles. The van der Waals surface area contributed by atoms with Crippen molar-refractivity contribution < 1.29 is 9.90 Å². The number of hydrogen-bond donors (Lipinski definition) is 3. The van der Waals surface area contributed by atoms with Crippen molar-refractivity contribution in [3.05, 3.63) is 53.3 Å². The van der Waals surface area contributed by atoms with E-state index in [0.29, 0.717) is 17.7 Å². The number of nitrogens with zero attached hydrogens (tertiary/aromatic N) is 1. The van der Waals surface area contributed by atoms with Crippen molar-refractivity contribution in [3.8, 4) is 0 Å². The molecule has 0 fully saturated rings. The third-order valence-corrected chi connectivity index (χ3v) is 2.96. The summed E-state index contributed by atoms with van der Waals surface area (Å²) in [5.41, 5.74) is 2.30. The van der Waals surface area contributed by atoms with Gasteiger partial charge in [-0.25, -0.2) is 0 Å². The molecule has 1 amide bonds. The maximum atomic E-state index is 12.0. The van der Waals surface area contributed by atoms with Gasteiger partial charge in [-0.3, -0.25) is 9.89 Å². The molecule has 19 heavy (non-hydrogen) atoms. The van der Waals surface area contributed by atoms with Crippen LogP contribution in [0.4, 0.5) is 0 Å². The summed E-state index contributed by atoms with van der Waals surface area (Å²) >= 11 is 0. The number of aromatic amines is 1. The minimum atomic E-state index is -0.302. The average Bonchev–Trinajstić information content (AvgIpc) is 2.85. The molecule has 1 aromatic heterocycles. The van der Waals surface area contributed by atoms with Crippen molar-refractivity contribution in [1.29, 1.82) is 0 Å². The molecule has 0 saturated heterocycles. The van der Waals surface area contributed by atoms with E-state index in [0.717, 1.165) is 5.56 Å². The quantitative estimate of drug-likeness (QED) is 0.751. The maximum Gasteiger partial charge on any atom is 0.255 e. The molecular weight excluding hydrogens is 242 g/mol. The molecule has 0 aliphatic heterocycles. The summed E-state index contributed by atoms with van der Waals surface area (Å²) in [5, 5.41) is 18.7. The Morgan fingerprint density at radius 2 is 2.16 bits per heavy atom. The molecule has 0 bridgehead atoms. The molecule has 1 aromatic carbocycles. The van der Waals surface area contributed by atoms with E-state index in [1.165, 1.54) is 6.20 Å². The van der Waals surface area contributed by atoms with Gasteiger partial charge >= 0.3 is 0 Å². The predicted molar refractivity (Wildman–Crippen MR) is 71.8 cm³/mol. The number of carbonyl (C=O) groups is 1. The van der Waals surface area contributed by atoms with Gasteiger partial charge in [0.15, 0.2) is 0 Å². The zero-order chi connectivity index (χ0) is 13.7. The van der Waals surface area contributed by atoms with E-state index in [-0.39, 0.29) is 18.6 Å². The second-order valence-corrected chi connectivity index (χ2v) is 4.45. The van der Waals surface area contributed by atoms with Crippen molar-refractivity contribution >= 4 is 5.91 Å². The summed E-state index contributed by atoms with van der Waals surface area (Å²) in [4.78, 5) is 12.0. The molecule has 5 nitrogen and oxygen atoms in total. The highest BCUT2D eigenvalue weighted by Gasteiger charge is 2.16. The summed E-state index contributed by atoms with van der Waals surface area (Å²) < 4.78 is 0. The fourth-order valence-corrected chi connectivity index (χ4v) is 1.90. The number of aryl methyl sites for hydroxylation is 1. The van der Waals surface area contributed by atoms with Gasteiger partial charge in [-0.2, -0.15) is 5.10 Å². The van der Waals surface area contributed by atoms with Crippen LogP contribution in [0.1, 0.15) is 21.6 Å². The molecule has 3 N–H and O–H groups in total. The molecule has 5 heteroatoms. The highest BCUT2D eigenvalue weighted by Crippen LogP contribution is 2.06. The van der Waals surface area contributed by atoms with E-state index in [2.05, 4.69) is 15.5 Å². The number of hydrogen-bond acceptors (Lipinski definition) is 3. The molecule has 100 valence electrons. The monoisotopic (exact) mass is 259 g/mol. The number of carbonyl (C=O) groups excluding carboxylic acids is 1. The fraction of sp³-hybridized carbons (Fsp3) is 0.286. The van der Waals surface area contributed by atoms with Crippen molar-refractivity contribution in [2.45, 2.75) is 19.4 Å². The van der Waals surface area contributed by atoms with Gasteiger partial charge in [0, 0.05) is 5.69 Å². The zero-order valence-corrected chi connectivity index (χ0v) is 10.8. The molecule has 0 radical (unpaired) electrons. The minimum Gasteiger partial charge on any atom is -0.394 e. The Labute approximate surface area is 111 Å². The van der Waals surface area contributed by atoms with E-state index in [1.807, 2.05) is 30.3 Å². The van der Waals surface area contributed by atoms with Gasteiger partial charge in [0.2, 0.25) is 0 Å². The first-order valence-corrected chi connectivity index (χ1v) is 6.16. The van der Waals surface area contributed by atoms with Crippen LogP contribution in [0, 0.1) is 6.92 Å². The fourth-order valence-electron chi connectivity index (χ4n) is 1.90. The van der Waals surface area contributed by atoms with E-state index >= 15 is 0 Å². The van der Waals surface area contributed by atoms with Crippen molar-refractivity contribution in [2.75, 3.05) is 6.61 Å². The van der Waals surface area contributed by atoms with Crippen LogP contribution in [0.3, 0.4) is 0 Å². The Hall–Kier alpha value is -2.14. The maximum absolute atomic E-state index is 12.0. The van der Waals surface area contributed by atoms with Crippen LogP contribution < -0.4 is 5.32 Å². The number of amides is 1. The average molecular weight is 259 g/mol. The first-order chi connectivity index (χ1) is 9.20. The van der Waals surface area contributed by atoms with E-state index in [4.69, 9.17) is 0 Å². The second kappa shape index (κ2) is 6.15. The predicted octanol–water partition coefficient (Wildman–Crippen LogP) is 1.05. The number of benzene rings is 1. The van der Waals surface area contributed by atoms with Gasteiger partial charge in [-0.15, -0.1) is 0 Å². The smallest absolute Gasteiger partial charge is 0.255 e. The van der Waals surface area contributed by atoms with Gasteiger partial charge in [0.05, 0.1) is 24.4 Å². The van der Waals surface area contributed by atoms with Gasteiger partial charge in [-0.05, 0) is 18.9 Å². The lowest BCUT2D eigenvalue weighted by atomic mass is 10.1. The SMILES string of the molecule is Cc1[nH]ncc1C(=O)NC(CO)Cc1ccccc1. The third kappa shape index (κ3) is 3.42. The Morgan fingerprint density at radius 1 is 1.42 bits per heavy atom. The van der Waals surface area contributed by atoms with Gasteiger partial charge in [0.1, 0.15) is 0 Å². The normalized spacial score (nSPS) is 12.1. The number of nitrogens with one attached hydrogen (secondary N) is 2. The summed E-state index contributed by atoms with van der Waals surface area (Å²) in [6, 6.07) is 9.45. The number of rotatable bonds is 5. The molecular formula is C14H17N3O2. The van der Waals surface area contributed by atoms with E-state index < -0.39 is 0 Å². The van der Waals surface area contributed by atoms with Gasteiger partial charge < -0.3 is 10.4 Å². The Balaban J connectivity index is 2.00. The van der Waals surface area contributed by atoms with Crippen LogP contribution in [-0.2, 0) is 6.42 Å². The first kappa shape index (κ1) is 13.3. The summed E-state index contributed by atoms with van der Waals surface area (Å²) in [6.07, 6.45) is 2.08. The van der Waals surface area contributed by atoms with E-state index in [1.54, 1.807) is 6.92 Å². The molecule has 0 aliphatic rings. The molecule has 1 atom stereocenters. The van der Waals surface area contributed by atoms with Crippen LogP contribution in [0.25, 0.3) is 0 Å². The molecule has 0 spiro atoms. The Morgan fingerprint density at radius 3 is 2.74 bits per heavy atom.